The molecule has 178 valence electrons. The van der Waals surface area contributed by atoms with Crippen LogP contribution >= 0.6 is 0 Å². The zero-order chi connectivity index (χ0) is 23.7. The van der Waals surface area contributed by atoms with E-state index in [1.54, 1.807) is 31.5 Å². The van der Waals surface area contributed by atoms with Crippen LogP contribution in [0.1, 0.15) is 44.3 Å². The highest BCUT2D eigenvalue weighted by Crippen LogP contribution is 2.29. The minimum absolute atomic E-state index is 0. The molecule has 0 radical (unpaired) electrons. The summed E-state index contributed by atoms with van der Waals surface area (Å²) in [5, 5.41) is 4.19. The largest absolute Gasteiger partial charge is 0.368 e. The molecule has 33 heavy (non-hydrogen) atoms. The first kappa shape index (κ1) is 22.1. The van der Waals surface area contributed by atoms with Crippen LogP contribution in [0.2, 0.25) is 0 Å². The number of pyridine rings is 1. The van der Waals surface area contributed by atoms with Gasteiger partial charge in [0.15, 0.2) is 5.76 Å². The summed E-state index contributed by atoms with van der Waals surface area (Å²) in [7, 11) is 0. The van der Waals surface area contributed by atoms with Crippen molar-refractivity contribution < 1.29 is 16.5 Å². The minimum atomic E-state index is -0.792. The van der Waals surface area contributed by atoms with Crippen LogP contribution in [0.4, 0.5) is 0 Å². The van der Waals surface area contributed by atoms with Crippen LogP contribution in [0.5, 0.6) is 0 Å². The van der Waals surface area contributed by atoms with Crippen LogP contribution in [-0.4, -0.2) is 25.6 Å². The van der Waals surface area contributed by atoms with Gasteiger partial charge < -0.3 is 20.6 Å². The summed E-state index contributed by atoms with van der Waals surface area (Å²) in [6, 6.07) is 11.7. The van der Waals surface area contributed by atoms with Gasteiger partial charge in [0, 0.05) is 42.6 Å². The zero-order valence-electron chi connectivity index (χ0n) is 18.5. The van der Waals surface area contributed by atoms with Gasteiger partial charge in [0.1, 0.15) is 17.4 Å². The molecule has 0 aliphatic carbocycles. The predicted octanol–water partition coefficient (Wildman–Crippen LogP) is 4.23. The zero-order valence-corrected chi connectivity index (χ0v) is 18.5. The Morgan fingerprint density at radius 3 is 2.64 bits per heavy atom. The third-order valence-electron chi connectivity index (χ3n) is 5.47. The van der Waals surface area contributed by atoms with Gasteiger partial charge in [-0.15, -0.1) is 0 Å². The SMILES string of the molecule is Cc1ncc(-c2ccc(=O)n(C(C)C(N)=O)c2)nc1-c1cc(-c2cccc(C(C)N)c2)no1.[HH].[HH].[HH].[HH].[HH]. The summed E-state index contributed by atoms with van der Waals surface area (Å²) in [6.07, 6.45) is 3.15. The number of nitrogens with zero attached hydrogens (tertiary/aromatic N) is 4. The molecule has 2 atom stereocenters. The maximum atomic E-state index is 12.2. The van der Waals surface area contributed by atoms with Crippen LogP contribution in [0.25, 0.3) is 34.0 Å². The lowest BCUT2D eigenvalue weighted by Gasteiger charge is -2.13. The molecule has 3 heterocycles. The highest BCUT2D eigenvalue weighted by molar-refractivity contribution is 5.78. The second-order valence-electron chi connectivity index (χ2n) is 7.92. The van der Waals surface area contributed by atoms with Crippen molar-refractivity contribution in [2.45, 2.75) is 32.9 Å². The smallest absolute Gasteiger partial charge is 0.251 e. The maximum absolute atomic E-state index is 12.2. The van der Waals surface area contributed by atoms with Crippen LogP contribution in [0.15, 0.2) is 64.2 Å². The maximum Gasteiger partial charge on any atom is 0.251 e. The number of amides is 1. The van der Waals surface area contributed by atoms with Crippen molar-refractivity contribution in [3.8, 4) is 34.0 Å². The molecule has 9 nitrogen and oxygen atoms in total. The van der Waals surface area contributed by atoms with Crippen molar-refractivity contribution in [2.24, 2.45) is 11.5 Å². The third-order valence-corrected chi connectivity index (χ3v) is 5.47. The Labute approximate surface area is 197 Å². The van der Waals surface area contributed by atoms with Crippen molar-refractivity contribution in [1.82, 2.24) is 19.7 Å². The fraction of sp³-hybridized carbons (Fsp3) is 0.208. The Balaban J connectivity index is 0. The number of nitrogens with two attached hydrogens (primary N) is 2. The van der Waals surface area contributed by atoms with E-state index in [0.29, 0.717) is 34.1 Å². The highest BCUT2D eigenvalue weighted by atomic mass is 16.5. The Bertz CT molecular complexity index is 1410. The van der Waals surface area contributed by atoms with E-state index in [0.717, 1.165) is 11.1 Å². The normalized spacial score (nSPS) is 13.0. The van der Waals surface area contributed by atoms with E-state index >= 15 is 0 Å². The molecule has 0 aliphatic rings. The summed E-state index contributed by atoms with van der Waals surface area (Å²) < 4.78 is 6.86. The number of primary amides is 1. The summed E-state index contributed by atoms with van der Waals surface area (Å²) in [5.41, 5.74) is 15.9. The van der Waals surface area contributed by atoms with E-state index in [1.165, 1.54) is 10.6 Å². The number of carbonyl (C=O) groups is 1. The molecule has 0 fully saturated rings. The van der Waals surface area contributed by atoms with Crippen molar-refractivity contribution in [2.75, 3.05) is 0 Å². The number of aromatic nitrogens is 4. The molecule has 0 bridgehead atoms. The number of aryl methyl sites for hydroxylation is 1. The van der Waals surface area contributed by atoms with Gasteiger partial charge in [-0.05, 0) is 38.5 Å². The number of benzene rings is 1. The molecule has 0 spiro atoms. The van der Waals surface area contributed by atoms with Crippen LogP contribution in [0.3, 0.4) is 0 Å². The lowest BCUT2D eigenvalue weighted by molar-refractivity contribution is -0.120. The third kappa shape index (κ3) is 4.44. The summed E-state index contributed by atoms with van der Waals surface area (Å²) in [6.45, 7) is 5.31. The van der Waals surface area contributed by atoms with E-state index in [2.05, 4.69) is 10.1 Å². The van der Waals surface area contributed by atoms with Crippen molar-refractivity contribution in [3.63, 3.8) is 0 Å². The molecule has 9 heteroatoms. The molecule has 0 aliphatic heterocycles. The molecule has 0 saturated heterocycles. The highest BCUT2D eigenvalue weighted by Gasteiger charge is 2.17. The molecule has 1 amide bonds. The molecule has 1 aromatic carbocycles. The Morgan fingerprint density at radius 2 is 1.91 bits per heavy atom. The van der Waals surface area contributed by atoms with E-state index in [1.807, 2.05) is 38.1 Å². The van der Waals surface area contributed by atoms with Gasteiger partial charge in [0.2, 0.25) is 5.91 Å². The summed E-state index contributed by atoms with van der Waals surface area (Å²) >= 11 is 0. The van der Waals surface area contributed by atoms with Gasteiger partial charge in [-0.1, -0.05) is 23.4 Å². The van der Waals surface area contributed by atoms with Gasteiger partial charge >= 0.3 is 0 Å². The van der Waals surface area contributed by atoms with Crippen LogP contribution < -0.4 is 17.0 Å². The van der Waals surface area contributed by atoms with Gasteiger partial charge in [-0.25, -0.2) is 4.98 Å². The van der Waals surface area contributed by atoms with E-state index in [9.17, 15) is 9.59 Å². The van der Waals surface area contributed by atoms with Gasteiger partial charge in [0.25, 0.3) is 5.56 Å². The molecule has 0 saturated carbocycles. The number of carbonyl (C=O) groups excluding carboxylic acids is 1. The molecule has 2 unspecified atom stereocenters. The molecule has 4 rings (SSSR count). The lowest BCUT2D eigenvalue weighted by Crippen LogP contribution is -2.31. The number of hydrogen-bond acceptors (Lipinski definition) is 7. The standard InChI is InChI=1S/C24H24N6O3.5H2/c1-13(25)16-5-4-6-17(9-16)19-10-21(33-29-19)23-14(2)27-11-20(28-23)18-7-8-22(31)30(12-18)15(3)24(26)32;;;;;/h4-13,15H,25H2,1-3H3,(H2,26,32);5*1H. The molecule has 4 N–H and O–H groups in total. The topological polar surface area (TPSA) is 143 Å². The van der Waals surface area contributed by atoms with E-state index in [4.69, 9.17) is 21.0 Å². The molecular weight excluding hydrogens is 420 g/mol. The molecule has 4 aromatic rings. The Morgan fingerprint density at radius 1 is 1.12 bits per heavy atom. The average molecular weight is 455 g/mol. The lowest BCUT2D eigenvalue weighted by atomic mass is 10.0. The fourth-order valence-electron chi connectivity index (χ4n) is 3.42. The Hall–Kier alpha value is -4.11. The first-order valence-electron chi connectivity index (χ1n) is 10.4. The predicted molar refractivity (Wildman–Crippen MR) is 134 cm³/mol. The molecule has 3 aromatic heterocycles. The van der Waals surface area contributed by atoms with E-state index < -0.39 is 11.9 Å². The molecular formula is C24H34N6O3. The second-order valence-corrected chi connectivity index (χ2v) is 7.92. The van der Waals surface area contributed by atoms with Crippen LogP contribution in [0, 0.1) is 6.92 Å². The quantitative estimate of drug-likeness (QED) is 0.443. The minimum Gasteiger partial charge on any atom is -0.368 e. The number of rotatable bonds is 6. The van der Waals surface area contributed by atoms with Crippen molar-refractivity contribution in [1.29, 1.82) is 0 Å². The first-order chi connectivity index (χ1) is 15.7. The summed E-state index contributed by atoms with van der Waals surface area (Å²) in [5.74, 6) is -0.144. The van der Waals surface area contributed by atoms with E-state index in [-0.39, 0.29) is 18.7 Å². The first-order valence-corrected chi connectivity index (χ1v) is 10.4. The van der Waals surface area contributed by atoms with Crippen molar-refractivity contribution >= 4 is 5.91 Å². The fourth-order valence-corrected chi connectivity index (χ4v) is 3.42. The van der Waals surface area contributed by atoms with Crippen LogP contribution in [-0.2, 0) is 4.79 Å². The summed E-state index contributed by atoms with van der Waals surface area (Å²) in [4.78, 5) is 32.9. The Kier molecular flexibility index (Phi) is 5.89. The van der Waals surface area contributed by atoms with Crippen molar-refractivity contribution in [3.05, 3.63) is 76.5 Å². The number of hydrogen-bond donors (Lipinski definition) is 2. The van der Waals surface area contributed by atoms with Gasteiger partial charge in [-0.3, -0.25) is 14.6 Å². The second kappa shape index (κ2) is 8.79. The van der Waals surface area contributed by atoms with Gasteiger partial charge in [-0.2, -0.15) is 0 Å². The average Bonchev–Trinajstić information content (AvgIpc) is 3.29. The monoisotopic (exact) mass is 454 g/mol. The van der Waals surface area contributed by atoms with Gasteiger partial charge in [0.05, 0.1) is 17.6 Å².